The molecule has 0 bridgehead atoms. The Morgan fingerprint density at radius 2 is 1.78 bits per heavy atom. The SMILES string of the molecule is CCCN(c1c(C)cc(C)cc1C)C(C)C(=O)O. The predicted molar refractivity (Wildman–Crippen MR) is 75.4 cm³/mol. The molecule has 0 aliphatic rings. The van der Waals surface area contributed by atoms with Crippen molar-refractivity contribution in [2.75, 3.05) is 11.4 Å². The van der Waals surface area contributed by atoms with Crippen molar-refractivity contribution < 1.29 is 9.90 Å². The third-order valence-corrected chi connectivity index (χ3v) is 3.21. The molecular weight excluding hydrogens is 226 g/mol. The summed E-state index contributed by atoms with van der Waals surface area (Å²) in [4.78, 5) is 13.2. The zero-order chi connectivity index (χ0) is 13.9. The second-order valence-electron chi connectivity index (χ2n) is 4.95. The lowest BCUT2D eigenvalue weighted by Crippen LogP contribution is -2.40. The number of carboxylic acid groups (broad SMARTS) is 1. The zero-order valence-corrected chi connectivity index (χ0v) is 11.9. The lowest BCUT2D eigenvalue weighted by Gasteiger charge is -2.31. The molecule has 0 amide bonds. The Labute approximate surface area is 109 Å². The van der Waals surface area contributed by atoms with E-state index in [-0.39, 0.29) is 0 Å². The van der Waals surface area contributed by atoms with E-state index in [1.807, 2.05) is 18.7 Å². The van der Waals surface area contributed by atoms with Gasteiger partial charge in [-0.2, -0.15) is 0 Å². The van der Waals surface area contributed by atoms with Gasteiger partial charge in [0.05, 0.1) is 0 Å². The highest BCUT2D eigenvalue weighted by Gasteiger charge is 2.22. The van der Waals surface area contributed by atoms with Crippen molar-refractivity contribution in [1.29, 1.82) is 0 Å². The van der Waals surface area contributed by atoms with Crippen LogP contribution in [0.4, 0.5) is 5.69 Å². The average molecular weight is 249 g/mol. The number of anilines is 1. The van der Waals surface area contributed by atoms with Crippen LogP contribution >= 0.6 is 0 Å². The van der Waals surface area contributed by atoms with Gasteiger partial charge in [0.25, 0.3) is 0 Å². The summed E-state index contributed by atoms with van der Waals surface area (Å²) in [7, 11) is 0. The number of rotatable bonds is 5. The standard InChI is InChI=1S/C15H23NO2/c1-6-7-16(13(5)15(17)18)14-11(3)8-10(2)9-12(14)4/h8-9,13H,6-7H2,1-5H3,(H,17,18). The molecule has 1 unspecified atom stereocenters. The van der Waals surface area contributed by atoms with Gasteiger partial charge >= 0.3 is 5.97 Å². The van der Waals surface area contributed by atoms with Crippen molar-refractivity contribution >= 4 is 11.7 Å². The van der Waals surface area contributed by atoms with E-state index in [1.54, 1.807) is 6.92 Å². The molecule has 0 aliphatic carbocycles. The quantitative estimate of drug-likeness (QED) is 0.870. The van der Waals surface area contributed by atoms with Crippen LogP contribution in [0.15, 0.2) is 12.1 Å². The van der Waals surface area contributed by atoms with Crippen LogP contribution in [0.2, 0.25) is 0 Å². The lowest BCUT2D eigenvalue weighted by molar-refractivity contribution is -0.138. The van der Waals surface area contributed by atoms with E-state index in [0.717, 1.165) is 29.8 Å². The van der Waals surface area contributed by atoms with Crippen LogP contribution < -0.4 is 4.90 Å². The van der Waals surface area contributed by atoms with E-state index in [4.69, 9.17) is 0 Å². The molecule has 1 rings (SSSR count). The number of hydrogen-bond acceptors (Lipinski definition) is 2. The fourth-order valence-electron chi connectivity index (χ4n) is 2.50. The molecule has 0 spiro atoms. The largest absolute Gasteiger partial charge is 0.480 e. The minimum atomic E-state index is -0.775. The third-order valence-electron chi connectivity index (χ3n) is 3.21. The van der Waals surface area contributed by atoms with Gasteiger partial charge in [0.15, 0.2) is 0 Å². The summed E-state index contributed by atoms with van der Waals surface area (Å²) in [6, 6.07) is 3.73. The maximum Gasteiger partial charge on any atom is 0.326 e. The molecule has 1 aromatic carbocycles. The van der Waals surface area contributed by atoms with Crippen molar-refractivity contribution in [1.82, 2.24) is 0 Å². The second-order valence-corrected chi connectivity index (χ2v) is 4.95. The summed E-state index contributed by atoms with van der Waals surface area (Å²) in [5.41, 5.74) is 4.58. The number of aryl methyl sites for hydroxylation is 3. The van der Waals surface area contributed by atoms with Gasteiger partial charge in [-0.15, -0.1) is 0 Å². The van der Waals surface area contributed by atoms with Gasteiger partial charge in [-0.05, 0) is 45.2 Å². The Morgan fingerprint density at radius 1 is 1.28 bits per heavy atom. The van der Waals surface area contributed by atoms with Crippen LogP contribution in [0, 0.1) is 20.8 Å². The number of aliphatic carboxylic acids is 1. The van der Waals surface area contributed by atoms with E-state index >= 15 is 0 Å². The van der Waals surface area contributed by atoms with E-state index in [1.165, 1.54) is 5.56 Å². The topological polar surface area (TPSA) is 40.5 Å². The van der Waals surface area contributed by atoms with Gasteiger partial charge in [-0.25, -0.2) is 4.79 Å². The monoisotopic (exact) mass is 249 g/mol. The highest BCUT2D eigenvalue weighted by Crippen LogP contribution is 2.28. The number of carbonyl (C=O) groups is 1. The lowest BCUT2D eigenvalue weighted by atomic mass is 10.0. The molecular formula is C15H23NO2. The van der Waals surface area contributed by atoms with E-state index < -0.39 is 12.0 Å². The van der Waals surface area contributed by atoms with Crippen LogP contribution in [0.25, 0.3) is 0 Å². The summed E-state index contributed by atoms with van der Waals surface area (Å²) in [5, 5.41) is 9.24. The van der Waals surface area contributed by atoms with Crippen LogP contribution in [-0.2, 0) is 4.79 Å². The first-order chi connectivity index (χ1) is 8.38. The predicted octanol–water partition coefficient (Wildman–Crippen LogP) is 3.30. The number of hydrogen-bond donors (Lipinski definition) is 1. The van der Waals surface area contributed by atoms with E-state index in [9.17, 15) is 9.90 Å². The highest BCUT2D eigenvalue weighted by molar-refractivity contribution is 5.79. The Hall–Kier alpha value is -1.51. The molecule has 0 saturated heterocycles. The molecule has 3 nitrogen and oxygen atoms in total. The Kier molecular flexibility index (Phi) is 4.76. The summed E-state index contributed by atoms with van der Waals surface area (Å²) in [6.45, 7) is 10.7. The average Bonchev–Trinajstić information content (AvgIpc) is 2.25. The van der Waals surface area contributed by atoms with Crippen LogP contribution in [-0.4, -0.2) is 23.7 Å². The molecule has 100 valence electrons. The molecule has 0 fully saturated rings. The molecule has 3 heteroatoms. The Balaban J connectivity index is 3.25. The maximum absolute atomic E-state index is 11.2. The van der Waals surface area contributed by atoms with Crippen LogP contribution in [0.5, 0.6) is 0 Å². The highest BCUT2D eigenvalue weighted by atomic mass is 16.4. The molecule has 18 heavy (non-hydrogen) atoms. The molecule has 1 aromatic rings. The summed E-state index contributed by atoms with van der Waals surface area (Å²) in [6.07, 6.45) is 0.935. The Morgan fingerprint density at radius 3 is 2.17 bits per heavy atom. The third kappa shape index (κ3) is 3.03. The van der Waals surface area contributed by atoms with Crippen molar-refractivity contribution in [2.45, 2.75) is 47.1 Å². The Bertz CT molecular complexity index is 417. The van der Waals surface area contributed by atoms with Crippen molar-refractivity contribution in [3.63, 3.8) is 0 Å². The zero-order valence-electron chi connectivity index (χ0n) is 11.9. The molecule has 0 saturated carbocycles. The maximum atomic E-state index is 11.2. The summed E-state index contributed by atoms with van der Waals surface area (Å²) >= 11 is 0. The molecule has 0 heterocycles. The fraction of sp³-hybridized carbons (Fsp3) is 0.533. The molecule has 0 aliphatic heterocycles. The van der Waals surface area contributed by atoms with Gasteiger partial charge in [-0.1, -0.05) is 24.6 Å². The van der Waals surface area contributed by atoms with Gasteiger partial charge in [0.1, 0.15) is 6.04 Å². The summed E-state index contributed by atoms with van der Waals surface area (Å²) < 4.78 is 0. The fourth-order valence-corrected chi connectivity index (χ4v) is 2.50. The van der Waals surface area contributed by atoms with Crippen molar-refractivity contribution in [2.24, 2.45) is 0 Å². The first-order valence-corrected chi connectivity index (χ1v) is 6.45. The number of nitrogens with zero attached hydrogens (tertiary/aromatic N) is 1. The van der Waals surface area contributed by atoms with Gasteiger partial charge in [0.2, 0.25) is 0 Å². The van der Waals surface area contributed by atoms with Crippen molar-refractivity contribution in [3.05, 3.63) is 28.8 Å². The number of carboxylic acids is 1. The first kappa shape index (κ1) is 14.6. The second kappa shape index (κ2) is 5.89. The van der Waals surface area contributed by atoms with E-state index in [2.05, 4.69) is 26.0 Å². The minimum Gasteiger partial charge on any atom is -0.480 e. The minimum absolute atomic E-state index is 0.495. The van der Waals surface area contributed by atoms with Gasteiger partial charge < -0.3 is 10.0 Å². The molecule has 1 N–H and O–H groups in total. The van der Waals surface area contributed by atoms with Crippen molar-refractivity contribution in [3.8, 4) is 0 Å². The van der Waals surface area contributed by atoms with Crippen LogP contribution in [0.1, 0.15) is 37.0 Å². The smallest absolute Gasteiger partial charge is 0.326 e. The van der Waals surface area contributed by atoms with Gasteiger partial charge in [-0.3, -0.25) is 0 Å². The van der Waals surface area contributed by atoms with E-state index in [0.29, 0.717) is 0 Å². The molecule has 0 aromatic heterocycles. The normalized spacial score (nSPS) is 12.3. The molecule has 0 radical (unpaired) electrons. The van der Waals surface area contributed by atoms with Crippen LogP contribution in [0.3, 0.4) is 0 Å². The summed E-state index contributed by atoms with van der Waals surface area (Å²) in [5.74, 6) is -0.775. The first-order valence-electron chi connectivity index (χ1n) is 6.45. The molecule has 1 atom stereocenters. The number of benzene rings is 1. The van der Waals surface area contributed by atoms with Gasteiger partial charge in [0, 0.05) is 12.2 Å².